The number of hydrogen-bond acceptors (Lipinski definition) is 3. The van der Waals surface area contributed by atoms with Gasteiger partial charge in [0.2, 0.25) is 5.91 Å². The summed E-state index contributed by atoms with van der Waals surface area (Å²) in [5.41, 5.74) is 0.294. The van der Waals surface area contributed by atoms with Gasteiger partial charge in [-0.2, -0.15) is 0 Å². The Balaban J connectivity index is 2.01. The number of carbonyl (C=O) groups is 1. The molecule has 6 nitrogen and oxygen atoms in total. The summed E-state index contributed by atoms with van der Waals surface area (Å²) in [6.07, 6.45) is 11.2. The van der Waals surface area contributed by atoms with Gasteiger partial charge in [0.15, 0.2) is 5.96 Å². The Hall–Kier alpha value is -1.30. The predicted molar refractivity (Wildman–Crippen MR) is 111 cm³/mol. The van der Waals surface area contributed by atoms with Crippen LogP contribution in [0, 0.1) is 11.3 Å². The molecule has 2 aliphatic rings. The molecule has 1 amide bonds. The minimum atomic E-state index is 0.0303. The van der Waals surface area contributed by atoms with Crippen LogP contribution >= 0.6 is 0 Å². The molecule has 2 unspecified atom stereocenters. The first-order chi connectivity index (χ1) is 13.0. The lowest BCUT2D eigenvalue weighted by Gasteiger charge is -2.33. The van der Waals surface area contributed by atoms with Crippen molar-refractivity contribution in [2.24, 2.45) is 16.3 Å². The maximum atomic E-state index is 12.0. The van der Waals surface area contributed by atoms with Gasteiger partial charge >= 0.3 is 0 Å². The lowest BCUT2D eigenvalue weighted by atomic mass is 9.83. The largest absolute Gasteiger partial charge is 0.385 e. The third kappa shape index (κ3) is 6.98. The van der Waals surface area contributed by atoms with Crippen molar-refractivity contribution in [3.63, 3.8) is 0 Å². The van der Waals surface area contributed by atoms with E-state index in [9.17, 15) is 4.79 Å². The Morgan fingerprint density at radius 1 is 1.19 bits per heavy atom. The number of hydrogen-bond donors (Lipinski definition) is 2. The number of nitrogens with one attached hydrogen (secondary N) is 2. The topological polar surface area (TPSA) is 66.0 Å². The highest BCUT2D eigenvalue weighted by atomic mass is 16.5. The number of aliphatic imine (C=N–C) groups is 1. The zero-order chi connectivity index (χ0) is 19.7. The third-order valence-corrected chi connectivity index (χ3v) is 6.44. The number of ether oxygens (including phenoxy) is 1. The zero-order valence-electron chi connectivity index (χ0n) is 17.9. The van der Waals surface area contributed by atoms with Crippen molar-refractivity contribution < 1.29 is 9.53 Å². The molecule has 0 radical (unpaired) electrons. The fourth-order valence-electron chi connectivity index (χ4n) is 4.38. The van der Waals surface area contributed by atoms with Crippen molar-refractivity contribution in [3.8, 4) is 0 Å². The van der Waals surface area contributed by atoms with Crippen molar-refractivity contribution in [1.29, 1.82) is 0 Å². The van der Waals surface area contributed by atoms with Crippen LogP contribution < -0.4 is 10.6 Å². The van der Waals surface area contributed by atoms with E-state index < -0.39 is 0 Å². The summed E-state index contributed by atoms with van der Waals surface area (Å²) in [6, 6.07) is 0.443. The summed E-state index contributed by atoms with van der Waals surface area (Å²) in [5.74, 6) is 1.47. The Morgan fingerprint density at radius 3 is 2.52 bits per heavy atom. The lowest BCUT2D eigenvalue weighted by Crippen LogP contribution is -2.50. The maximum absolute atomic E-state index is 12.0. The minimum absolute atomic E-state index is 0.0303. The molecular weight excluding hydrogens is 340 g/mol. The first kappa shape index (κ1) is 22.0. The molecule has 0 spiro atoms. The number of methoxy groups -OCH3 is 1. The number of amides is 1. The molecule has 0 aromatic rings. The standard InChI is InChI=1S/C21H40N4O2/c1-17-9-5-6-10-18(17)24-20(22-15-19(26)25(2)3)23-16-21(13-14-27-4)11-7-8-12-21/h17-18H,5-16H2,1-4H3,(H2,22,23,24). The van der Waals surface area contributed by atoms with Gasteiger partial charge in [0, 0.05) is 40.4 Å². The molecule has 2 N–H and O–H groups in total. The smallest absolute Gasteiger partial charge is 0.243 e. The molecule has 2 fully saturated rings. The molecular formula is C21H40N4O2. The van der Waals surface area contributed by atoms with Crippen LogP contribution in [0.15, 0.2) is 4.99 Å². The number of nitrogens with zero attached hydrogens (tertiary/aromatic N) is 2. The summed E-state index contributed by atoms with van der Waals surface area (Å²) in [4.78, 5) is 18.2. The molecule has 0 bridgehead atoms. The second-order valence-electron chi connectivity index (χ2n) is 8.77. The summed E-state index contributed by atoms with van der Waals surface area (Å²) >= 11 is 0. The minimum Gasteiger partial charge on any atom is -0.385 e. The number of guanidine groups is 1. The van der Waals surface area contributed by atoms with E-state index in [1.54, 1.807) is 26.1 Å². The van der Waals surface area contributed by atoms with E-state index in [1.165, 1.54) is 51.4 Å². The van der Waals surface area contributed by atoms with Gasteiger partial charge in [0.05, 0.1) is 0 Å². The van der Waals surface area contributed by atoms with Crippen LogP contribution in [0.25, 0.3) is 0 Å². The van der Waals surface area contributed by atoms with Crippen molar-refractivity contribution >= 4 is 11.9 Å². The van der Waals surface area contributed by atoms with Crippen molar-refractivity contribution in [2.75, 3.05) is 40.9 Å². The van der Waals surface area contributed by atoms with E-state index in [0.29, 0.717) is 17.4 Å². The van der Waals surface area contributed by atoms with Crippen LogP contribution in [0.4, 0.5) is 0 Å². The van der Waals surface area contributed by atoms with Crippen LogP contribution in [0.1, 0.15) is 64.7 Å². The van der Waals surface area contributed by atoms with E-state index >= 15 is 0 Å². The van der Waals surface area contributed by atoms with Gasteiger partial charge < -0.3 is 20.3 Å². The molecule has 156 valence electrons. The van der Waals surface area contributed by atoms with E-state index in [1.807, 2.05) is 0 Å². The van der Waals surface area contributed by atoms with Crippen molar-refractivity contribution in [3.05, 3.63) is 0 Å². The summed E-state index contributed by atoms with van der Waals surface area (Å²) < 4.78 is 5.35. The van der Waals surface area contributed by atoms with Crippen LogP contribution in [-0.4, -0.2) is 63.7 Å². The van der Waals surface area contributed by atoms with Gasteiger partial charge in [0.25, 0.3) is 0 Å². The molecule has 2 saturated carbocycles. The Labute approximate surface area is 165 Å². The fourth-order valence-corrected chi connectivity index (χ4v) is 4.38. The van der Waals surface area contributed by atoms with Crippen LogP contribution in [0.3, 0.4) is 0 Å². The zero-order valence-corrected chi connectivity index (χ0v) is 17.9. The Bertz CT molecular complexity index is 487. The average molecular weight is 381 g/mol. The number of carbonyl (C=O) groups excluding carboxylic acids is 1. The fraction of sp³-hybridized carbons (Fsp3) is 0.905. The quantitative estimate of drug-likeness (QED) is 0.502. The van der Waals surface area contributed by atoms with Gasteiger partial charge in [-0.05, 0) is 43.4 Å². The molecule has 0 aliphatic heterocycles. The van der Waals surface area contributed by atoms with Gasteiger partial charge in [-0.1, -0.05) is 32.6 Å². The third-order valence-electron chi connectivity index (χ3n) is 6.44. The molecule has 0 aromatic carbocycles. The highest BCUT2D eigenvalue weighted by Crippen LogP contribution is 2.40. The molecule has 2 atom stereocenters. The highest BCUT2D eigenvalue weighted by molar-refractivity contribution is 5.85. The number of likely N-dealkylation sites (N-methyl/N-ethyl adjacent to an activating group) is 1. The monoisotopic (exact) mass is 380 g/mol. The van der Waals surface area contributed by atoms with Gasteiger partial charge in [0.1, 0.15) is 6.54 Å². The van der Waals surface area contributed by atoms with E-state index in [0.717, 1.165) is 25.5 Å². The first-order valence-electron chi connectivity index (χ1n) is 10.7. The molecule has 2 aliphatic carbocycles. The van der Waals surface area contributed by atoms with Crippen LogP contribution in [-0.2, 0) is 9.53 Å². The van der Waals surface area contributed by atoms with Gasteiger partial charge in [-0.25, -0.2) is 4.99 Å². The normalized spacial score (nSPS) is 25.3. The SMILES string of the molecule is COCCC1(CNC(=NCC(=O)N(C)C)NC2CCCCC2C)CCCC1. The van der Waals surface area contributed by atoms with Crippen LogP contribution in [0.5, 0.6) is 0 Å². The Morgan fingerprint density at radius 2 is 1.89 bits per heavy atom. The Kier molecular flexibility index (Phi) is 8.87. The first-order valence-corrected chi connectivity index (χ1v) is 10.7. The van der Waals surface area contributed by atoms with Crippen molar-refractivity contribution in [2.45, 2.75) is 70.8 Å². The molecule has 0 saturated heterocycles. The second kappa shape index (κ2) is 10.9. The molecule has 2 rings (SSSR count). The van der Waals surface area contributed by atoms with E-state index in [4.69, 9.17) is 4.74 Å². The molecule has 27 heavy (non-hydrogen) atoms. The van der Waals surface area contributed by atoms with E-state index in [2.05, 4.69) is 22.5 Å². The lowest BCUT2D eigenvalue weighted by molar-refractivity contribution is -0.127. The highest BCUT2D eigenvalue weighted by Gasteiger charge is 2.34. The van der Waals surface area contributed by atoms with E-state index in [-0.39, 0.29) is 12.5 Å². The maximum Gasteiger partial charge on any atom is 0.243 e. The average Bonchev–Trinajstić information content (AvgIpc) is 3.12. The number of rotatable bonds is 8. The van der Waals surface area contributed by atoms with Gasteiger partial charge in [-0.15, -0.1) is 0 Å². The summed E-state index contributed by atoms with van der Waals surface area (Å²) in [5, 5.41) is 7.22. The summed E-state index contributed by atoms with van der Waals surface area (Å²) in [7, 11) is 5.33. The van der Waals surface area contributed by atoms with Crippen LogP contribution in [0.2, 0.25) is 0 Å². The van der Waals surface area contributed by atoms with Gasteiger partial charge in [-0.3, -0.25) is 4.79 Å². The predicted octanol–water partition coefficient (Wildman–Crippen LogP) is 2.79. The summed E-state index contributed by atoms with van der Waals surface area (Å²) in [6.45, 7) is 4.21. The van der Waals surface area contributed by atoms with Crippen molar-refractivity contribution in [1.82, 2.24) is 15.5 Å². The molecule has 6 heteroatoms. The second-order valence-corrected chi connectivity index (χ2v) is 8.77. The molecule has 0 heterocycles. The molecule has 0 aromatic heterocycles.